The monoisotopic (exact) mass is 224 g/mol. The highest BCUT2D eigenvalue weighted by Crippen LogP contribution is 1.82. The zero-order valence-electron chi connectivity index (χ0n) is 8.22. The van der Waals surface area contributed by atoms with Crippen LogP contribution in [0, 0.1) is 0 Å². The Labute approximate surface area is 92.0 Å². The van der Waals surface area contributed by atoms with Gasteiger partial charge in [-0.25, -0.2) is 0 Å². The van der Waals surface area contributed by atoms with Gasteiger partial charge < -0.3 is 28.9 Å². The molecule has 0 saturated carbocycles. The van der Waals surface area contributed by atoms with Crippen molar-refractivity contribution >= 4 is 25.6 Å². The third-order valence-corrected chi connectivity index (χ3v) is 1.60. The Bertz CT molecular complexity index is 331. The molecule has 84 valence electrons. The minimum atomic E-state index is -1.48. The van der Waals surface area contributed by atoms with E-state index < -0.39 is 14.2 Å². The normalized spacial score (nSPS) is 9.25. The Hall–Kier alpha value is -1.47. The van der Waals surface area contributed by atoms with E-state index in [0.29, 0.717) is 0 Å². The Morgan fingerprint density at radius 3 is 1.25 bits per heavy atom. The summed E-state index contributed by atoms with van der Waals surface area (Å²) < 4.78 is 9.19. The van der Waals surface area contributed by atoms with E-state index in [9.17, 15) is 0 Å². The van der Waals surface area contributed by atoms with Crippen LogP contribution >= 0.6 is 0 Å². The van der Waals surface area contributed by atoms with E-state index in [1.54, 1.807) is 12.1 Å². The van der Waals surface area contributed by atoms with E-state index in [2.05, 4.69) is 8.83 Å². The van der Waals surface area contributed by atoms with Gasteiger partial charge in [-0.15, -0.1) is 0 Å². The van der Waals surface area contributed by atoms with Crippen LogP contribution in [0.1, 0.15) is 0 Å². The van der Waals surface area contributed by atoms with Crippen molar-refractivity contribution in [1.29, 1.82) is 0 Å². The third-order valence-electron chi connectivity index (χ3n) is 1.60. The summed E-state index contributed by atoms with van der Waals surface area (Å²) in [5.74, 6) is 0. The Morgan fingerprint density at radius 2 is 1.12 bits per heavy atom. The Kier molecular flexibility index (Phi) is 4.87. The minimum absolute atomic E-state index is 0.171. The molecule has 0 amide bonds. The first-order valence-corrected chi connectivity index (χ1v) is 4.40. The molecule has 2 heterocycles. The molecule has 0 aliphatic rings. The lowest BCUT2D eigenvalue weighted by Crippen LogP contribution is -2.27. The van der Waals surface area contributed by atoms with E-state index >= 15 is 0 Å². The first-order chi connectivity index (χ1) is 7.61. The number of hydrogen-bond donors (Lipinski definition) is 4. The van der Waals surface area contributed by atoms with Crippen molar-refractivity contribution < 1.29 is 28.9 Å². The fourth-order valence-electron chi connectivity index (χ4n) is 0.876. The van der Waals surface area contributed by atoms with Gasteiger partial charge in [0.25, 0.3) is 0 Å². The molecule has 8 heteroatoms. The van der Waals surface area contributed by atoms with Crippen LogP contribution in [0.25, 0.3) is 0 Å². The molecule has 2 aromatic heterocycles. The molecule has 0 aliphatic carbocycles. The van der Waals surface area contributed by atoms with E-state index in [1.807, 2.05) is 0 Å². The first-order valence-electron chi connectivity index (χ1n) is 4.40. The molecular weight excluding hydrogens is 214 g/mol. The maximum atomic E-state index is 8.37. The fourth-order valence-corrected chi connectivity index (χ4v) is 0.876. The van der Waals surface area contributed by atoms with E-state index in [0.717, 1.165) is 0 Å². The van der Waals surface area contributed by atoms with Crippen LogP contribution in [-0.2, 0) is 0 Å². The van der Waals surface area contributed by atoms with Crippen LogP contribution in [0.15, 0.2) is 45.6 Å². The zero-order chi connectivity index (χ0) is 12.0. The summed E-state index contributed by atoms with van der Waals surface area (Å²) in [6, 6.07) is 6.17. The highest BCUT2D eigenvalue weighted by atomic mass is 16.4. The SMILES string of the molecule is OB(O)c1ccco1.OB(O)c1ccco1. The third kappa shape index (κ3) is 3.95. The molecule has 0 spiro atoms. The largest absolute Gasteiger partial charge is 0.526 e. The predicted molar refractivity (Wildman–Crippen MR) is 57.1 cm³/mol. The van der Waals surface area contributed by atoms with Gasteiger partial charge in [0.2, 0.25) is 0 Å². The summed E-state index contributed by atoms with van der Waals surface area (Å²) in [6.07, 6.45) is 2.77. The van der Waals surface area contributed by atoms with Crippen LogP contribution in [0.3, 0.4) is 0 Å². The lowest BCUT2D eigenvalue weighted by molar-refractivity contribution is 0.408. The molecule has 0 aromatic carbocycles. The second-order valence-corrected chi connectivity index (χ2v) is 2.78. The molecule has 0 saturated heterocycles. The highest BCUT2D eigenvalue weighted by Gasteiger charge is 2.13. The van der Waals surface area contributed by atoms with E-state index in [4.69, 9.17) is 20.1 Å². The molecule has 0 aliphatic heterocycles. The maximum Gasteiger partial charge on any atom is 0.526 e. The summed E-state index contributed by atoms with van der Waals surface area (Å²) in [5, 5.41) is 33.5. The van der Waals surface area contributed by atoms with Crippen LogP contribution in [0.5, 0.6) is 0 Å². The predicted octanol–water partition coefficient (Wildman–Crippen LogP) is -2.08. The highest BCUT2D eigenvalue weighted by molar-refractivity contribution is 6.57. The van der Waals surface area contributed by atoms with Crippen LogP contribution in [-0.4, -0.2) is 34.3 Å². The fraction of sp³-hybridized carbons (Fsp3) is 0. The van der Waals surface area contributed by atoms with Crippen molar-refractivity contribution in [2.75, 3.05) is 0 Å². The summed E-state index contributed by atoms with van der Waals surface area (Å²) in [6.45, 7) is 0. The van der Waals surface area contributed by atoms with Gasteiger partial charge in [0.15, 0.2) is 0 Å². The van der Waals surface area contributed by atoms with Gasteiger partial charge in [-0.3, -0.25) is 0 Å². The molecule has 0 atom stereocenters. The van der Waals surface area contributed by atoms with Crippen molar-refractivity contribution in [2.24, 2.45) is 0 Å². The van der Waals surface area contributed by atoms with Crippen molar-refractivity contribution in [3.63, 3.8) is 0 Å². The molecule has 0 unspecified atom stereocenters. The molecular formula is C8H10B2O6. The quantitative estimate of drug-likeness (QED) is 0.436. The van der Waals surface area contributed by atoms with Gasteiger partial charge in [0, 0.05) is 0 Å². The smallest absolute Gasteiger partial charge is 0.473 e. The summed E-state index contributed by atoms with van der Waals surface area (Å²) in [4.78, 5) is 0. The second kappa shape index (κ2) is 6.19. The molecule has 4 N–H and O–H groups in total. The number of furan rings is 2. The molecule has 16 heavy (non-hydrogen) atoms. The Balaban J connectivity index is 0.000000160. The van der Waals surface area contributed by atoms with Crippen LogP contribution in [0.2, 0.25) is 0 Å². The molecule has 0 bridgehead atoms. The zero-order valence-corrected chi connectivity index (χ0v) is 8.22. The molecule has 0 radical (unpaired) electrons. The number of hydrogen-bond acceptors (Lipinski definition) is 6. The van der Waals surface area contributed by atoms with Crippen LogP contribution in [0.4, 0.5) is 0 Å². The lowest BCUT2D eigenvalue weighted by Gasteiger charge is -1.86. The first kappa shape index (κ1) is 12.6. The molecule has 0 fully saturated rings. The average Bonchev–Trinajstić information content (AvgIpc) is 2.93. The van der Waals surface area contributed by atoms with E-state index in [1.165, 1.54) is 24.7 Å². The van der Waals surface area contributed by atoms with Gasteiger partial charge in [0.1, 0.15) is 11.3 Å². The summed E-state index contributed by atoms with van der Waals surface area (Å²) >= 11 is 0. The van der Waals surface area contributed by atoms with Gasteiger partial charge in [-0.2, -0.15) is 0 Å². The van der Waals surface area contributed by atoms with Gasteiger partial charge in [0.05, 0.1) is 12.5 Å². The van der Waals surface area contributed by atoms with Crippen molar-refractivity contribution in [1.82, 2.24) is 0 Å². The van der Waals surface area contributed by atoms with Gasteiger partial charge >= 0.3 is 14.2 Å². The van der Waals surface area contributed by atoms with Crippen molar-refractivity contribution in [2.45, 2.75) is 0 Å². The summed E-state index contributed by atoms with van der Waals surface area (Å²) in [7, 11) is -2.96. The van der Waals surface area contributed by atoms with Gasteiger partial charge in [-0.1, -0.05) is 0 Å². The topological polar surface area (TPSA) is 107 Å². The summed E-state index contributed by atoms with van der Waals surface area (Å²) in [5.41, 5.74) is 0.343. The number of rotatable bonds is 2. The second-order valence-electron chi connectivity index (χ2n) is 2.78. The van der Waals surface area contributed by atoms with Gasteiger partial charge in [-0.05, 0) is 24.3 Å². The van der Waals surface area contributed by atoms with Crippen LogP contribution < -0.4 is 11.3 Å². The lowest BCUT2D eigenvalue weighted by atomic mass is 9.88. The standard InChI is InChI=1S/2C4H5BO3/c2*6-5(7)4-2-1-3-8-4/h2*1-3,6-7H. The minimum Gasteiger partial charge on any atom is -0.473 e. The average molecular weight is 224 g/mol. The molecule has 6 nitrogen and oxygen atoms in total. The molecule has 2 rings (SSSR count). The van der Waals surface area contributed by atoms with E-state index in [-0.39, 0.29) is 11.3 Å². The molecule has 2 aromatic rings. The van der Waals surface area contributed by atoms with Crippen molar-refractivity contribution in [3.8, 4) is 0 Å². The van der Waals surface area contributed by atoms with Crippen molar-refractivity contribution in [3.05, 3.63) is 36.8 Å². The maximum absolute atomic E-state index is 8.37. The Morgan fingerprint density at radius 1 is 0.750 bits per heavy atom.